The van der Waals surface area contributed by atoms with Crippen molar-refractivity contribution in [1.29, 1.82) is 0 Å². The van der Waals surface area contributed by atoms with Gasteiger partial charge in [-0.25, -0.2) is 0 Å². The molecule has 5 nitrogen and oxygen atoms in total. The third-order valence-electron chi connectivity index (χ3n) is 2.05. The molecule has 0 fully saturated rings. The molecule has 0 aromatic heterocycles. The molecular weight excluding hydrogens is 239 g/mol. The first kappa shape index (κ1) is 13.1. The Hall–Kier alpha value is -1.99. The molecule has 1 rings (SSSR count). The van der Waals surface area contributed by atoms with Gasteiger partial charge in [0.05, 0.1) is 16.3 Å². The SMILES string of the molecule is CN(CC(F)(F)F)c1ccc([N+](=O)[O-])cc1N. The van der Waals surface area contributed by atoms with Crippen LogP contribution in [0.1, 0.15) is 0 Å². The first-order chi connectivity index (χ1) is 7.70. The van der Waals surface area contributed by atoms with E-state index in [4.69, 9.17) is 5.73 Å². The average molecular weight is 249 g/mol. The molecule has 0 aliphatic heterocycles. The van der Waals surface area contributed by atoms with Crippen molar-refractivity contribution in [1.82, 2.24) is 0 Å². The highest BCUT2D eigenvalue weighted by molar-refractivity contribution is 5.70. The van der Waals surface area contributed by atoms with Gasteiger partial charge in [0.15, 0.2) is 0 Å². The van der Waals surface area contributed by atoms with Crippen LogP contribution in [0.25, 0.3) is 0 Å². The van der Waals surface area contributed by atoms with Crippen LogP contribution in [0.15, 0.2) is 18.2 Å². The van der Waals surface area contributed by atoms with E-state index in [1.807, 2.05) is 0 Å². The molecular formula is C9H10F3N3O2. The number of nitro groups is 1. The van der Waals surface area contributed by atoms with Crippen LogP contribution in [-0.2, 0) is 0 Å². The van der Waals surface area contributed by atoms with Crippen molar-refractivity contribution in [2.24, 2.45) is 0 Å². The Morgan fingerprint density at radius 3 is 2.47 bits per heavy atom. The molecule has 0 amide bonds. The Labute approximate surface area is 94.8 Å². The number of nitrogens with two attached hydrogens (primary N) is 1. The molecule has 0 aliphatic carbocycles. The molecule has 17 heavy (non-hydrogen) atoms. The summed E-state index contributed by atoms with van der Waals surface area (Å²) in [5.74, 6) is 0. The number of benzene rings is 1. The highest BCUT2D eigenvalue weighted by Gasteiger charge is 2.30. The summed E-state index contributed by atoms with van der Waals surface area (Å²) in [5, 5.41) is 10.4. The van der Waals surface area contributed by atoms with E-state index in [-0.39, 0.29) is 17.1 Å². The first-order valence-electron chi connectivity index (χ1n) is 4.52. The van der Waals surface area contributed by atoms with Gasteiger partial charge in [-0.2, -0.15) is 13.2 Å². The maximum Gasteiger partial charge on any atom is 0.405 e. The minimum Gasteiger partial charge on any atom is -0.397 e. The van der Waals surface area contributed by atoms with Gasteiger partial charge >= 0.3 is 6.18 Å². The third-order valence-corrected chi connectivity index (χ3v) is 2.05. The predicted octanol–water partition coefficient (Wildman–Crippen LogP) is 2.18. The van der Waals surface area contributed by atoms with Crippen molar-refractivity contribution in [2.45, 2.75) is 6.18 Å². The summed E-state index contributed by atoms with van der Waals surface area (Å²) in [6, 6.07) is 3.33. The molecule has 94 valence electrons. The zero-order chi connectivity index (χ0) is 13.2. The third kappa shape index (κ3) is 3.51. The van der Waals surface area contributed by atoms with Crippen molar-refractivity contribution < 1.29 is 18.1 Å². The van der Waals surface area contributed by atoms with Crippen LogP contribution in [0.2, 0.25) is 0 Å². The van der Waals surface area contributed by atoms with E-state index < -0.39 is 17.6 Å². The molecule has 0 saturated carbocycles. The summed E-state index contributed by atoms with van der Waals surface area (Å²) in [4.78, 5) is 10.6. The van der Waals surface area contributed by atoms with Gasteiger partial charge in [0.1, 0.15) is 6.54 Å². The van der Waals surface area contributed by atoms with Crippen molar-refractivity contribution in [3.05, 3.63) is 28.3 Å². The molecule has 8 heteroatoms. The molecule has 2 N–H and O–H groups in total. The molecule has 0 radical (unpaired) electrons. The van der Waals surface area contributed by atoms with Gasteiger partial charge in [-0.05, 0) is 6.07 Å². The second kappa shape index (κ2) is 4.48. The standard InChI is InChI=1S/C9H10F3N3O2/c1-14(5-9(10,11)12)8-3-2-6(15(16)17)4-7(8)13/h2-4H,5,13H2,1H3. The molecule has 0 aliphatic rings. The maximum atomic E-state index is 12.1. The van der Waals surface area contributed by atoms with Crippen molar-refractivity contribution in [3.63, 3.8) is 0 Å². The van der Waals surface area contributed by atoms with E-state index >= 15 is 0 Å². The lowest BCUT2D eigenvalue weighted by Gasteiger charge is -2.22. The first-order valence-corrected chi connectivity index (χ1v) is 4.52. The Kier molecular flexibility index (Phi) is 3.45. The van der Waals surface area contributed by atoms with Crippen LogP contribution in [0.4, 0.5) is 30.2 Å². The zero-order valence-electron chi connectivity index (χ0n) is 8.86. The molecule has 0 heterocycles. The van der Waals surface area contributed by atoms with Gasteiger partial charge in [-0.1, -0.05) is 0 Å². The lowest BCUT2D eigenvalue weighted by molar-refractivity contribution is -0.384. The fourth-order valence-corrected chi connectivity index (χ4v) is 1.36. The molecule has 0 spiro atoms. The second-order valence-corrected chi connectivity index (χ2v) is 3.47. The fourth-order valence-electron chi connectivity index (χ4n) is 1.36. The van der Waals surface area contributed by atoms with Crippen LogP contribution < -0.4 is 10.6 Å². The Morgan fingerprint density at radius 1 is 1.47 bits per heavy atom. The fraction of sp³-hybridized carbons (Fsp3) is 0.333. The molecule has 0 unspecified atom stereocenters. The van der Waals surface area contributed by atoms with E-state index in [2.05, 4.69) is 0 Å². The van der Waals surface area contributed by atoms with E-state index in [9.17, 15) is 23.3 Å². The quantitative estimate of drug-likeness (QED) is 0.506. The van der Waals surface area contributed by atoms with Crippen LogP contribution in [0.3, 0.4) is 0 Å². The molecule has 1 aromatic rings. The summed E-state index contributed by atoms with van der Waals surface area (Å²) in [5.41, 5.74) is 5.25. The zero-order valence-corrected chi connectivity index (χ0v) is 8.86. The van der Waals surface area contributed by atoms with Crippen LogP contribution in [-0.4, -0.2) is 24.7 Å². The van der Waals surface area contributed by atoms with E-state index in [1.165, 1.54) is 13.1 Å². The average Bonchev–Trinajstić information content (AvgIpc) is 2.14. The minimum absolute atomic E-state index is 0.0639. The monoisotopic (exact) mass is 249 g/mol. The van der Waals surface area contributed by atoms with Crippen LogP contribution in [0, 0.1) is 10.1 Å². The van der Waals surface area contributed by atoms with Gasteiger partial charge in [0.25, 0.3) is 5.69 Å². The van der Waals surface area contributed by atoms with Crippen molar-refractivity contribution in [2.75, 3.05) is 24.2 Å². The molecule has 1 aromatic carbocycles. The summed E-state index contributed by atoms with van der Waals surface area (Å²) < 4.78 is 36.4. The lowest BCUT2D eigenvalue weighted by Crippen LogP contribution is -2.31. The molecule has 0 atom stereocenters. The molecule has 0 bridgehead atoms. The Bertz CT molecular complexity index is 434. The van der Waals surface area contributed by atoms with Crippen molar-refractivity contribution >= 4 is 17.1 Å². The maximum absolute atomic E-state index is 12.1. The van der Waals surface area contributed by atoms with Gasteiger partial charge in [0.2, 0.25) is 0 Å². The summed E-state index contributed by atoms with van der Waals surface area (Å²) in [7, 11) is 1.21. The van der Waals surface area contributed by atoms with Crippen LogP contribution >= 0.6 is 0 Å². The summed E-state index contributed by atoms with van der Waals surface area (Å²) >= 11 is 0. The predicted molar refractivity (Wildman–Crippen MR) is 56.8 cm³/mol. The van der Waals surface area contributed by atoms with E-state index in [0.29, 0.717) is 0 Å². The van der Waals surface area contributed by atoms with Crippen molar-refractivity contribution in [3.8, 4) is 0 Å². The topological polar surface area (TPSA) is 72.4 Å². The number of halogens is 3. The minimum atomic E-state index is -4.36. The number of hydrogen-bond donors (Lipinski definition) is 1. The van der Waals surface area contributed by atoms with Crippen LogP contribution in [0.5, 0.6) is 0 Å². The largest absolute Gasteiger partial charge is 0.405 e. The van der Waals surface area contributed by atoms with E-state index in [0.717, 1.165) is 17.0 Å². The van der Waals surface area contributed by atoms with Gasteiger partial charge in [-0.15, -0.1) is 0 Å². The van der Waals surface area contributed by atoms with Gasteiger partial charge in [0, 0.05) is 19.2 Å². The second-order valence-electron chi connectivity index (χ2n) is 3.47. The number of nitrogen functional groups attached to an aromatic ring is 1. The number of hydrogen-bond acceptors (Lipinski definition) is 4. The summed E-state index contributed by atoms with van der Waals surface area (Å²) in [6.07, 6.45) is -4.36. The number of nitro benzene ring substituents is 1. The Balaban J connectivity index is 2.96. The van der Waals surface area contributed by atoms with Gasteiger partial charge in [-0.3, -0.25) is 10.1 Å². The number of nitrogens with zero attached hydrogens (tertiary/aromatic N) is 2. The summed E-state index contributed by atoms with van der Waals surface area (Å²) in [6.45, 7) is -1.17. The Morgan fingerprint density at radius 2 is 2.06 bits per heavy atom. The molecule has 0 saturated heterocycles. The smallest absolute Gasteiger partial charge is 0.397 e. The highest BCUT2D eigenvalue weighted by Crippen LogP contribution is 2.28. The number of anilines is 2. The highest BCUT2D eigenvalue weighted by atomic mass is 19.4. The lowest BCUT2D eigenvalue weighted by atomic mass is 10.2. The number of alkyl halides is 3. The van der Waals surface area contributed by atoms with E-state index in [1.54, 1.807) is 0 Å². The number of rotatable bonds is 3. The normalized spacial score (nSPS) is 11.3. The number of non-ortho nitro benzene ring substituents is 1. The van der Waals surface area contributed by atoms with Gasteiger partial charge < -0.3 is 10.6 Å².